The smallest absolute Gasteiger partial charge is 0.409 e. The van der Waals surface area contributed by atoms with E-state index in [2.05, 4.69) is 61.8 Å². The predicted molar refractivity (Wildman–Crippen MR) is 451 cm³/mol. The molecule has 0 radical (unpaired) electrons. The van der Waals surface area contributed by atoms with Gasteiger partial charge in [-0.25, -0.2) is 45.0 Å². The van der Waals surface area contributed by atoms with Gasteiger partial charge in [-0.2, -0.15) is 15.0 Å². The lowest BCUT2D eigenvalue weighted by Crippen LogP contribution is -2.47. The maximum Gasteiger partial charge on any atom is 0.409 e. The Hall–Kier alpha value is -10.7. The van der Waals surface area contributed by atoms with E-state index in [0.717, 1.165) is 39.8 Å². The zero-order chi connectivity index (χ0) is 83.8. The fourth-order valence-electron chi connectivity index (χ4n) is 13.4. The number of anilines is 12. The molecule has 32 heteroatoms. The number of Topliss-reactive ketones (excluding diaryl/α,β-unsaturated/α-hetero) is 1. The molecule has 2 aliphatic carbocycles. The normalized spacial score (nSPS) is 14.7. The number of sulfone groups is 3. The van der Waals surface area contributed by atoms with Crippen LogP contribution in [0.3, 0.4) is 0 Å². The van der Waals surface area contributed by atoms with E-state index in [1.54, 1.807) is 145 Å². The van der Waals surface area contributed by atoms with E-state index in [1.165, 1.54) is 12.3 Å². The molecular weight excluding hydrogens is 1560 g/mol. The van der Waals surface area contributed by atoms with Crippen LogP contribution in [0.25, 0.3) is 0 Å². The summed E-state index contributed by atoms with van der Waals surface area (Å²) < 4.78 is 101. The van der Waals surface area contributed by atoms with Gasteiger partial charge in [0, 0.05) is 66.7 Å². The van der Waals surface area contributed by atoms with Gasteiger partial charge in [-0.3, -0.25) is 9.59 Å². The minimum Gasteiger partial charge on any atom is -0.489 e. The highest BCUT2D eigenvalue weighted by molar-refractivity contribution is 7.92. The van der Waals surface area contributed by atoms with Crippen LogP contribution >= 0.6 is 11.6 Å². The molecule has 9 aromatic rings. The minimum atomic E-state index is -3.59. The highest BCUT2D eigenvalue weighted by Gasteiger charge is 2.38. The van der Waals surface area contributed by atoms with Gasteiger partial charge >= 0.3 is 6.09 Å². The molecule has 13 rings (SSSR count). The number of nitrogens with one attached hydrogen (secondary N) is 6. The van der Waals surface area contributed by atoms with Crippen LogP contribution in [0.1, 0.15) is 176 Å². The molecular formula is C84H101ClN14O14S3. The molecule has 1 unspecified atom stereocenters. The number of aryl methyl sites for hydroxylation is 4. The van der Waals surface area contributed by atoms with Crippen molar-refractivity contribution in [3.63, 3.8) is 0 Å². The van der Waals surface area contributed by atoms with E-state index >= 15 is 0 Å². The van der Waals surface area contributed by atoms with Crippen molar-refractivity contribution in [2.75, 3.05) is 51.6 Å². The first-order valence-corrected chi connectivity index (χ1v) is 43.8. The van der Waals surface area contributed by atoms with Crippen molar-refractivity contribution in [2.45, 2.75) is 210 Å². The van der Waals surface area contributed by atoms with E-state index < -0.39 is 51.4 Å². The first-order valence-electron chi connectivity index (χ1n) is 38.8. The van der Waals surface area contributed by atoms with Gasteiger partial charge in [-0.15, -0.1) is 0 Å². The SMILES string of the molecule is CCOC(=O)N1CCC(N2Cc3cc(OC(C)C)c(Nc4ncc(Cl)c(Nc5ccccc5S(=O)(=O)C(C)C)n4)cc3C2=O)CC1.Cc1cnc(Nc2cc3c(cc2OC(C)C)CCC3=O)nc1Nc1ccccc1S(=O)(=O)C(C)C.Cc1cnc(Nc2cc3c(cc2OC(C)C)CCC3O)nc1Nc1ccccc1S(=O)(=O)C(C)C. The van der Waals surface area contributed by atoms with E-state index in [4.69, 9.17) is 30.5 Å². The van der Waals surface area contributed by atoms with Gasteiger partial charge in [-0.05, 0) is 231 Å². The molecule has 7 N–H and O–H groups in total. The maximum absolute atomic E-state index is 13.7. The topological polar surface area (TPSA) is 367 Å². The Bertz CT molecular complexity index is 5510. The fourth-order valence-corrected chi connectivity index (χ4v) is 17.1. The van der Waals surface area contributed by atoms with E-state index in [1.807, 2.05) is 84.6 Å². The van der Waals surface area contributed by atoms with Gasteiger partial charge in [0.05, 0.1) is 102 Å². The van der Waals surface area contributed by atoms with E-state index in [-0.39, 0.29) is 73.6 Å². The largest absolute Gasteiger partial charge is 0.489 e. The van der Waals surface area contributed by atoms with Gasteiger partial charge in [-0.1, -0.05) is 48.0 Å². The summed E-state index contributed by atoms with van der Waals surface area (Å²) in [5.74, 6) is 3.78. The summed E-state index contributed by atoms with van der Waals surface area (Å²) >= 11 is 6.44. The summed E-state index contributed by atoms with van der Waals surface area (Å²) in [7, 11) is -10.6. The summed E-state index contributed by atoms with van der Waals surface area (Å²) in [5, 5.41) is 27.8. The van der Waals surface area contributed by atoms with Crippen molar-refractivity contribution >= 4 is 128 Å². The number of nitrogens with zero attached hydrogens (tertiary/aromatic N) is 8. The Labute approximate surface area is 683 Å². The lowest BCUT2D eigenvalue weighted by Gasteiger charge is -2.36. The average Bonchev–Trinajstić information content (AvgIpc) is 1.56. The minimum absolute atomic E-state index is 0.00734. The number of aromatic nitrogens is 6. The van der Waals surface area contributed by atoms with Gasteiger partial charge < -0.3 is 65.8 Å². The van der Waals surface area contributed by atoms with E-state index in [0.29, 0.717) is 144 Å². The quantitative estimate of drug-likeness (QED) is 0.0265. The van der Waals surface area contributed by atoms with Gasteiger partial charge in [0.1, 0.15) is 33.9 Å². The Morgan fingerprint density at radius 3 is 1.35 bits per heavy atom. The fraction of sp³-hybridized carbons (Fsp3) is 0.393. The highest BCUT2D eigenvalue weighted by Crippen LogP contribution is 2.43. The Morgan fingerprint density at radius 1 is 0.500 bits per heavy atom. The number of likely N-dealkylation sites (tertiary alicyclic amines) is 1. The molecule has 2 aliphatic heterocycles. The lowest BCUT2D eigenvalue weighted by molar-refractivity contribution is 0.0558. The molecule has 3 aromatic heterocycles. The summed E-state index contributed by atoms with van der Waals surface area (Å²) in [6.45, 7) is 28.8. The second-order valence-electron chi connectivity index (χ2n) is 30.2. The predicted octanol–water partition coefficient (Wildman–Crippen LogP) is 16.8. The Kier molecular flexibility index (Phi) is 27.2. The molecule has 28 nitrogen and oxygen atoms in total. The second kappa shape index (κ2) is 36.6. The van der Waals surface area contributed by atoms with Crippen LogP contribution in [0.4, 0.5) is 74.2 Å². The number of hydrogen-bond acceptors (Lipinski definition) is 26. The third-order valence-corrected chi connectivity index (χ3v) is 26.5. The van der Waals surface area contributed by atoms with Crippen molar-refractivity contribution in [2.24, 2.45) is 0 Å². The van der Waals surface area contributed by atoms with Crippen LogP contribution in [0, 0.1) is 13.8 Å². The molecule has 616 valence electrons. The third-order valence-electron chi connectivity index (χ3n) is 19.6. The van der Waals surface area contributed by atoms with Crippen molar-refractivity contribution in [1.29, 1.82) is 0 Å². The highest BCUT2D eigenvalue weighted by atomic mass is 35.5. The molecule has 116 heavy (non-hydrogen) atoms. The number of para-hydroxylation sites is 3. The summed E-state index contributed by atoms with van der Waals surface area (Å²) in [5.41, 5.74) is 9.52. The molecule has 0 bridgehead atoms. The van der Waals surface area contributed by atoms with Gasteiger partial charge in [0.2, 0.25) is 17.8 Å². The number of ether oxygens (including phenoxy) is 4. The number of carbonyl (C=O) groups excluding carboxylic acids is 3. The molecule has 6 aromatic carbocycles. The Balaban J connectivity index is 0.000000174. The standard InChI is InChI=1S/C32H39ClN6O6S.C26H32N4O4S.C26H30N4O4S/c1-6-44-32(41)38-13-11-22(12-14-38)39-18-21-15-27(45-19(2)3)26(16-23(21)30(39)40)36-31-34-17-24(33)29(37-31)35-25-9-7-8-10-28(25)46(42,43)20(4)5;2*1-15(2)34-23-12-18-10-11-22(31)19(18)13-21(23)29-26-27-14-17(5)25(30-26)28-20-8-6-7-9-24(20)35(32,33)16(3)4/h7-10,15-17,19-20,22H,6,11-14,18H2,1-5H3,(H2,34,35,36,37);6-9,12-16,22,31H,10-11H2,1-5H3,(H2,27,28,29,30);6-9,12-16H,10-11H2,1-5H3,(H2,27,28,29,30). The molecule has 4 aliphatic rings. The number of piperidine rings is 1. The number of aliphatic hydroxyl groups is 1. The molecule has 0 spiro atoms. The molecule has 1 fully saturated rings. The van der Waals surface area contributed by atoms with Crippen LogP contribution in [0.15, 0.2) is 142 Å². The summed E-state index contributed by atoms with van der Waals surface area (Å²) in [4.78, 5) is 69.1. The molecule has 0 saturated carbocycles. The van der Waals surface area contributed by atoms with Crippen molar-refractivity contribution in [1.82, 2.24) is 39.7 Å². The Morgan fingerprint density at radius 2 is 0.905 bits per heavy atom. The molecule has 2 amide bonds. The molecule has 1 atom stereocenters. The first kappa shape index (κ1) is 86.1. The van der Waals surface area contributed by atoms with Crippen LogP contribution < -0.4 is 46.1 Å². The number of aliphatic hydroxyl groups excluding tert-OH is 1. The zero-order valence-electron chi connectivity index (χ0n) is 67.7. The van der Waals surface area contributed by atoms with Gasteiger partial charge in [0.15, 0.2) is 41.1 Å². The third kappa shape index (κ3) is 20.0. The van der Waals surface area contributed by atoms with Crippen LogP contribution in [-0.4, -0.2) is 148 Å². The first-order chi connectivity index (χ1) is 55.0. The number of ketones is 1. The molecule has 5 heterocycles. The van der Waals surface area contributed by atoms with E-state index in [9.17, 15) is 44.7 Å². The number of hydrogen-bond donors (Lipinski definition) is 7. The number of benzene rings is 6. The summed E-state index contributed by atoms with van der Waals surface area (Å²) in [6, 6.07) is 31.3. The number of rotatable bonds is 26. The van der Waals surface area contributed by atoms with Crippen LogP contribution in [0.2, 0.25) is 5.02 Å². The zero-order valence-corrected chi connectivity index (χ0v) is 71.0. The van der Waals surface area contributed by atoms with Crippen molar-refractivity contribution in [3.8, 4) is 17.2 Å². The van der Waals surface area contributed by atoms with Gasteiger partial charge in [0.25, 0.3) is 5.91 Å². The number of amides is 2. The van der Waals surface area contributed by atoms with Crippen molar-refractivity contribution in [3.05, 3.63) is 177 Å². The number of carbonyl (C=O) groups is 3. The monoisotopic (exact) mass is 1660 g/mol. The summed E-state index contributed by atoms with van der Waals surface area (Å²) in [6.07, 6.45) is 7.68. The number of fused-ring (bicyclic) bond motifs is 3. The molecule has 1 saturated heterocycles. The average molecular weight is 1660 g/mol. The number of halogens is 1. The lowest BCUT2D eigenvalue weighted by atomic mass is 10.0. The van der Waals surface area contributed by atoms with Crippen molar-refractivity contribution < 1.29 is 63.7 Å². The second-order valence-corrected chi connectivity index (χ2v) is 38.1. The van der Waals surface area contributed by atoms with Crippen LogP contribution in [-0.2, 0) is 53.6 Å². The maximum atomic E-state index is 13.7. The van der Waals surface area contributed by atoms with Crippen LogP contribution in [0.5, 0.6) is 17.2 Å².